The summed E-state index contributed by atoms with van der Waals surface area (Å²) in [5, 5.41) is 9.64. The number of benzene rings is 1. The Hall–Kier alpha value is -1.33. The van der Waals surface area contributed by atoms with Gasteiger partial charge in [0.05, 0.1) is 17.7 Å². The summed E-state index contributed by atoms with van der Waals surface area (Å²) in [6, 6.07) is 6.72. The molecule has 0 bridgehead atoms. The number of hydrogen-bond acceptors (Lipinski definition) is 4. The second kappa shape index (κ2) is 4.89. The fraction of sp³-hybridized carbons (Fsp3) is 0.333. The lowest BCUT2D eigenvalue weighted by atomic mass is 10.1. The van der Waals surface area contributed by atoms with Crippen LogP contribution >= 0.6 is 11.8 Å². The van der Waals surface area contributed by atoms with Crippen molar-refractivity contribution in [1.29, 1.82) is 0 Å². The number of carbonyl (C=O) groups excluding carboxylic acids is 2. The largest absolute Gasteiger partial charge is 0.381 e. The molecule has 0 saturated carbocycles. The number of aliphatic hydroxyl groups excluding tert-OH is 1. The van der Waals surface area contributed by atoms with E-state index in [0.717, 1.165) is 10.7 Å². The van der Waals surface area contributed by atoms with Gasteiger partial charge in [0.1, 0.15) is 5.44 Å². The molecule has 5 heteroatoms. The number of rotatable bonds is 4. The van der Waals surface area contributed by atoms with Gasteiger partial charge in [-0.1, -0.05) is 19.1 Å². The van der Waals surface area contributed by atoms with Gasteiger partial charge in [0.15, 0.2) is 0 Å². The average Bonchev–Trinajstić information content (AvgIpc) is 2.56. The molecule has 0 aliphatic carbocycles. The third kappa shape index (κ3) is 2.21. The van der Waals surface area contributed by atoms with Crippen molar-refractivity contribution in [1.82, 2.24) is 4.90 Å². The number of nitrogens with zero attached hydrogens (tertiary/aromatic N) is 1. The van der Waals surface area contributed by atoms with Crippen molar-refractivity contribution in [2.75, 3.05) is 12.3 Å². The molecule has 1 atom stereocenters. The number of hydrogen-bond donors (Lipinski definition) is 1. The Morgan fingerprint density at radius 1 is 1.24 bits per heavy atom. The molecule has 17 heavy (non-hydrogen) atoms. The zero-order chi connectivity index (χ0) is 12.4. The molecule has 2 rings (SSSR count). The van der Waals surface area contributed by atoms with Crippen LogP contribution in [0.5, 0.6) is 0 Å². The monoisotopic (exact) mass is 251 g/mol. The predicted octanol–water partition coefficient (Wildman–Crippen LogP) is 1.35. The summed E-state index contributed by atoms with van der Waals surface area (Å²) < 4.78 is 0. The highest BCUT2D eigenvalue weighted by molar-refractivity contribution is 7.99. The summed E-state index contributed by atoms with van der Waals surface area (Å²) in [5.41, 5.74) is 0.125. The molecule has 0 fully saturated rings. The molecule has 0 radical (unpaired) electrons. The lowest BCUT2D eigenvalue weighted by Gasteiger charge is -2.17. The van der Waals surface area contributed by atoms with Crippen molar-refractivity contribution >= 4 is 23.6 Å². The van der Waals surface area contributed by atoms with E-state index < -0.39 is 5.44 Å². The fourth-order valence-corrected chi connectivity index (χ4v) is 2.45. The van der Waals surface area contributed by atoms with Crippen LogP contribution in [-0.2, 0) is 0 Å². The Balaban J connectivity index is 2.19. The van der Waals surface area contributed by atoms with Crippen LogP contribution in [0, 0.1) is 0 Å². The molecule has 90 valence electrons. The minimum Gasteiger partial charge on any atom is -0.381 e. The quantitative estimate of drug-likeness (QED) is 0.648. The zero-order valence-electron chi connectivity index (χ0n) is 9.42. The number of β-amino-alcohol motifs (C(OH)–C–C–N with tert-alkyl or cyclic N) is 1. The molecule has 1 N–H and O–H groups in total. The summed E-state index contributed by atoms with van der Waals surface area (Å²) in [7, 11) is 0. The topological polar surface area (TPSA) is 57.6 Å². The summed E-state index contributed by atoms with van der Waals surface area (Å²) >= 11 is 1.31. The fourth-order valence-electron chi connectivity index (χ4n) is 1.81. The van der Waals surface area contributed by atoms with Gasteiger partial charge in [0.25, 0.3) is 11.8 Å². The highest BCUT2D eigenvalue weighted by atomic mass is 32.2. The van der Waals surface area contributed by atoms with Crippen LogP contribution in [0.3, 0.4) is 0 Å². The Morgan fingerprint density at radius 3 is 2.24 bits per heavy atom. The van der Waals surface area contributed by atoms with Crippen LogP contribution < -0.4 is 0 Å². The molecule has 1 heterocycles. The van der Waals surface area contributed by atoms with Gasteiger partial charge in [-0.2, -0.15) is 0 Å². The number of carbonyl (C=O) groups is 2. The van der Waals surface area contributed by atoms with Crippen LogP contribution in [0.1, 0.15) is 27.6 Å². The lowest BCUT2D eigenvalue weighted by Crippen LogP contribution is -2.35. The Bertz CT molecular complexity index is 426. The van der Waals surface area contributed by atoms with E-state index in [1.807, 2.05) is 6.92 Å². The number of fused-ring (bicyclic) bond motifs is 1. The first-order valence-corrected chi connectivity index (χ1v) is 6.45. The van der Waals surface area contributed by atoms with Crippen LogP contribution in [0.25, 0.3) is 0 Å². The van der Waals surface area contributed by atoms with Crippen molar-refractivity contribution in [3.8, 4) is 0 Å². The standard InChI is InChI=1S/C12H13NO3S/c1-2-17-10(14)7-13-11(15)8-5-3-4-6-9(8)12(13)16/h3-6,10,14H,2,7H2,1H3. The molecular weight excluding hydrogens is 238 g/mol. The van der Waals surface area contributed by atoms with Gasteiger partial charge >= 0.3 is 0 Å². The number of amides is 2. The van der Waals surface area contributed by atoms with Gasteiger partial charge in [0.2, 0.25) is 0 Å². The maximum absolute atomic E-state index is 11.9. The first kappa shape index (κ1) is 12.1. The third-order valence-corrected chi connectivity index (χ3v) is 3.44. The van der Waals surface area contributed by atoms with Gasteiger partial charge in [0, 0.05) is 0 Å². The predicted molar refractivity (Wildman–Crippen MR) is 65.9 cm³/mol. The molecule has 0 spiro atoms. The van der Waals surface area contributed by atoms with E-state index in [9.17, 15) is 14.7 Å². The van der Waals surface area contributed by atoms with E-state index in [1.165, 1.54) is 11.8 Å². The summed E-state index contributed by atoms with van der Waals surface area (Å²) in [4.78, 5) is 25.0. The van der Waals surface area contributed by atoms with Gasteiger partial charge in [-0.05, 0) is 17.9 Å². The number of imide groups is 1. The smallest absolute Gasteiger partial charge is 0.261 e. The Morgan fingerprint density at radius 2 is 1.76 bits per heavy atom. The van der Waals surface area contributed by atoms with Crippen molar-refractivity contribution in [2.45, 2.75) is 12.4 Å². The van der Waals surface area contributed by atoms with Gasteiger partial charge in [-0.3, -0.25) is 14.5 Å². The van der Waals surface area contributed by atoms with Crippen molar-refractivity contribution < 1.29 is 14.7 Å². The van der Waals surface area contributed by atoms with Gasteiger partial charge in [-0.25, -0.2) is 0 Å². The average molecular weight is 251 g/mol. The van der Waals surface area contributed by atoms with Crippen LogP contribution in [0.4, 0.5) is 0 Å². The molecule has 1 aromatic carbocycles. The molecular formula is C12H13NO3S. The summed E-state index contributed by atoms with van der Waals surface area (Å²) in [6.45, 7) is 1.96. The molecule has 1 aliphatic heterocycles. The zero-order valence-corrected chi connectivity index (χ0v) is 10.2. The molecule has 1 unspecified atom stereocenters. The molecule has 1 aliphatic rings. The normalized spacial score (nSPS) is 16.2. The minimum atomic E-state index is -0.720. The first-order chi connectivity index (χ1) is 8.15. The highest BCUT2D eigenvalue weighted by Gasteiger charge is 2.35. The second-order valence-corrected chi connectivity index (χ2v) is 5.13. The van der Waals surface area contributed by atoms with E-state index >= 15 is 0 Å². The van der Waals surface area contributed by atoms with E-state index in [2.05, 4.69) is 0 Å². The number of aliphatic hydroxyl groups is 1. The van der Waals surface area contributed by atoms with Gasteiger partial charge in [-0.15, -0.1) is 11.8 Å². The van der Waals surface area contributed by atoms with E-state index in [4.69, 9.17) is 0 Å². The van der Waals surface area contributed by atoms with E-state index in [1.54, 1.807) is 24.3 Å². The number of thioether (sulfide) groups is 1. The Labute approximate surface area is 104 Å². The second-order valence-electron chi connectivity index (χ2n) is 3.68. The summed E-state index contributed by atoms with van der Waals surface area (Å²) in [6.07, 6.45) is 0. The van der Waals surface area contributed by atoms with Gasteiger partial charge < -0.3 is 5.11 Å². The summed E-state index contributed by atoms with van der Waals surface area (Å²) in [5.74, 6) is 0.104. The minimum absolute atomic E-state index is 0.0465. The molecule has 1 aromatic rings. The highest BCUT2D eigenvalue weighted by Crippen LogP contribution is 2.23. The van der Waals surface area contributed by atoms with Crippen molar-refractivity contribution in [3.63, 3.8) is 0 Å². The molecule has 0 aromatic heterocycles. The van der Waals surface area contributed by atoms with E-state index in [0.29, 0.717) is 11.1 Å². The van der Waals surface area contributed by atoms with Crippen LogP contribution in [0.15, 0.2) is 24.3 Å². The molecule has 4 nitrogen and oxygen atoms in total. The van der Waals surface area contributed by atoms with Crippen LogP contribution in [0.2, 0.25) is 0 Å². The molecule has 0 saturated heterocycles. The Kier molecular flexibility index (Phi) is 3.49. The SMILES string of the molecule is CCSC(O)CN1C(=O)c2ccccc2C1=O. The van der Waals surface area contributed by atoms with Crippen molar-refractivity contribution in [2.24, 2.45) is 0 Å². The lowest BCUT2D eigenvalue weighted by molar-refractivity contribution is 0.0609. The first-order valence-electron chi connectivity index (χ1n) is 5.40. The van der Waals surface area contributed by atoms with Crippen LogP contribution in [-0.4, -0.2) is 39.6 Å². The molecule has 2 amide bonds. The maximum Gasteiger partial charge on any atom is 0.261 e. The maximum atomic E-state index is 11.9. The van der Waals surface area contributed by atoms with E-state index in [-0.39, 0.29) is 18.4 Å². The van der Waals surface area contributed by atoms with Crippen molar-refractivity contribution in [3.05, 3.63) is 35.4 Å². The third-order valence-electron chi connectivity index (χ3n) is 2.58.